The van der Waals surface area contributed by atoms with Gasteiger partial charge in [0.2, 0.25) is 5.84 Å². The van der Waals surface area contributed by atoms with Crippen LogP contribution in [0.4, 0.5) is 0 Å². The van der Waals surface area contributed by atoms with Gasteiger partial charge in [-0.2, -0.15) is 0 Å². The molecule has 0 aliphatic carbocycles. The van der Waals surface area contributed by atoms with Gasteiger partial charge in [-0.1, -0.05) is 32.6 Å². The zero-order valence-corrected chi connectivity index (χ0v) is 11.7. The number of hydrogen-bond donors (Lipinski definition) is 2. The average Bonchev–Trinajstić information content (AvgIpc) is 2.71. The van der Waals surface area contributed by atoms with Crippen LogP contribution < -0.4 is 0 Å². The van der Waals surface area contributed by atoms with E-state index in [0.29, 0.717) is 6.54 Å². The summed E-state index contributed by atoms with van der Waals surface area (Å²) in [6, 6.07) is 0. The maximum absolute atomic E-state index is 11.0. The summed E-state index contributed by atoms with van der Waals surface area (Å²) in [6.07, 6.45) is 10.1. The minimum absolute atomic E-state index is 0. The van der Waals surface area contributed by atoms with E-state index in [1.807, 2.05) is 0 Å². The summed E-state index contributed by atoms with van der Waals surface area (Å²) in [4.78, 5) is 15.3. The van der Waals surface area contributed by atoms with Crippen molar-refractivity contribution in [2.45, 2.75) is 45.4 Å². The topological polar surface area (TPSA) is 69.9 Å². The molecule has 20 heavy (non-hydrogen) atoms. The van der Waals surface area contributed by atoms with E-state index in [4.69, 9.17) is 10.2 Å². The van der Waals surface area contributed by atoms with Crippen molar-refractivity contribution in [3.63, 3.8) is 0 Å². The van der Waals surface area contributed by atoms with Gasteiger partial charge in [0, 0.05) is 6.42 Å². The van der Waals surface area contributed by atoms with Crippen molar-refractivity contribution in [3.8, 4) is 0 Å². The maximum atomic E-state index is 11.0. The SMILES string of the molecule is CCCCCCCC1=NC=C[N+]1(CCO)CC(=O)O.[NaH]. The first-order valence-electron chi connectivity index (χ1n) is 7.09. The molecule has 1 atom stereocenters. The fourth-order valence-corrected chi connectivity index (χ4v) is 2.47. The first-order chi connectivity index (χ1) is 9.14. The van der Waals surface area contributed by atoms with Crippen LogP contribution in [0, 0.1) is 0 Å². The molecule has 6 heteroatoms. The number of hydrogen-bond acceptors (Lipinski definition) is 3. The van der Waals surface area contributed by atoms with Crippen LogP contribution in [0.25, 0.3) is 0 Å². The number of quaternary nitrogens is 1. The van der Waals surface area contributed by atoms with Crippen molar-refractivity contribution < 1.29 is 19.5 Å². The number of aliphatic carboxylic acids is 1. The molecule has 0 aromatic rings. The Kier molecular flexibility index (Phi) is 10.4. The second kappa shape index (κ2) is 10.5. The Hall–Kier alpha value is -0.200. The molecule has 1 aliphatic rings. The Labute approximate surface area is 143 Å². The predicted molar refractivity (Wildman–Crippen MR) is 81.8 cm³/mol. The molecule has 0 saturated heterocycles. The number of rotatable bonds is 10. The van der Waals surface area contributed by atoms with Crippen molar-refractivity contribution >= 4 is 41.4 Å². The molecule has 0 saturated carbocycles. The fraction of sp³-hybridized carbons (Fsp3) is 0.714. The molecule has 0 radical (unpaired) electrons. The van der Waals surface area contributed by atoms with E-state index >= 15 is 0 Å². The Balaban J connectivity index is 0.00000361. The molecule has 5 nitrogen and oxygen atoms in total. The molecule has 0 bridgehead atoms. The van der Waals surface area contributed by atoms with Gasteiger partial charge < -0.3 is 10.2 Å². The number of nitrogens with zero attached hydrogens (tertiary/aromatic N) is 2. The molecule has 0 amide bonds. The first-order valence-corrected chi connectivity index (χ1v) is 7.09. The van der Waals surface area contributed by atoms with E-state index in [1.54, 1.807) is 12.4 Å². The summed E-state index contributed by atoms with van der Waals surface area (Å²) < 4.78 is 0.180. The third-order valence-electron chi connectivity index (χ3n) is 3.51. The Morgan fingerprint density at radius 3 is 2.60 bits per heavy atom. The molecule has 1 aliphatic heterocycles. The molecule has 0 fully saturated rings. The molecule has 1 rings (SSSR count). The van der Waals surface area contributed by atoms with Crippen LogP contribution in [0.3, 0.4) is 0 Å². The number of carboxylic acids is 1. The number of amidine groups is 1. The van der Waals surface area contributed by atoms with Gasteiger partial charge in [0.25, 0.3) is 0 Å². The number of aliphatic imine (C=N–C) groups is 1. The molecule has 110 valence electrons. The third-order valence-corrected chi connectivity index (χ3v) is 3.51. The van der Waals surface area contributed by atoms with Gasteiger partial charge in [-0.25, -0.2) is 14.3 Å². The van der Waals surface area contributed by atoms with Gasteiger partial charge in [0.1, 0.15) is 12.7 Å². The summed E-state index contributed by atoms with van der Waals surface area (Å²) in [5.74, 6) is 0.00614. The van der Waals surface area contributed by atoms with E-state index in [9.17, 15) is 4.79 Å². The Morgan fingerprint density at radius 2 is 2.00 bits per heavy atom. The molecule has 1 heterocycles. The standard InChI is InChI=1S/C14H24N2O3.Na.H/c1-2-3-4-5-6-7-13-15-8-9-16(13,10-11-17)12-14(18)19;;/h8-9,17H,2-7,10-12H2,1H3;;/p+1. The van der Waals surface area contributed by atoms with Gasteiger partial charge in [0.05, 0.1) is 12.8 Å². The molecule has 0 aromatic carbocycles. The number of aliphatic hydroxyl groups excluding tert-OH is 1. The monoisotopic (exact) mass is 293 g/mol. The summed E-state index contributed by atoms with van der Waals surface area (Å²) in [7, 11) is 0. The van der Waals surface area contributed by atoms with Crippen molar-refractivity contribution in [1.82, 2.24) is 0 Å². The zero-order chi connectivity index (χ0) is 14.1. The number of unbranched alkanes of at least 4 members (excludes halogenated alkanes) is 4. The van der Waals surface area contributed by atoms with Crippen LogP contribution in [-0.4, -0.2) is 75.8 Å². The molecular weight excluding hydrogens is 267 g/mol. The summed E-state index contributed by atoms with van der Waals surface area (Å²) in [5.41, 5.74) is 0. The zero-order valence-electron chi connectivity index (χ0n) is 11.7. The molecule has 2 N–H and O–H groups in total. The van der Waals surface area contributed by atoms with Crippen molar-refractivity contribution in [1.29, 1.82) is 0 Å². The summed E-state index contributed by atoms with van der Waals surface area (Å²) in [6.45, 7) is 2.49. The Bertz CT molecular complexity index is 358. The van der Waals surface area contributed by atoms with Crippen LogP contribution in [-0.2, 0) is 4.79 Å². The summed E-state index contributed by atoms with van der Waals surface area (Å²) >= 11 is 0. The van der Waals surface area contributed by atoms with E-state index in [0.717, 1.165) is 25.1 Å². The fourth-order valence-electron chi connectivity index (χ4n) is 2.47. The Morgan fingerprint density at radius 1 is 1.30 bits per heavy atom. The van der Waals surface area contributed by atoms with Crippen molar-refractivity contribution in [2.75, 3.05) is 19.7 Å². The van der Waals surface area contributed by atoms with Crippen molar-refractivity contribution in [2.24, 2.45) is 4.99 Å². The second-order valence-electron chi connectivity index (χ2n) is 5.04. The molecule has 0 aromatic heterocycles. The second-order valence-corrected chi connectivity index (χ2v) is 5.04. The van der Waals surface area contributed by atoms with E-state index in [-0.39, 0.29) is 47.2 Å². The minimum atomic E-state index is -0.862. The average molecular weight is 293 g/mol. The van der Waals surface area contributed by atoms with Gasteiger partial charge in [-0.05, 0) is 6.42 Å². The molecular formula is C14H26N2NaO3+. The van der Waals surface area contributed by atoms with E-state index < -0.39 is 5.97 Å². The number of carbonyl (C=O) groups is 1. The van der Waals surface area contributed by atoms with Crippen LogP contribution in [0.2, 0.25) is 0 Å². The third kappa shape index (κ3) is 6.06. The van der Waals surface area contributed by atoms with Gasteiger partial charge >= 0.3 is 35.5 Å². The predicted octanol–water partition coefficient (Wildman–Crippen LogP) is 1.48. The van der Waals surface area contributed by atoms with Crippen LogP contribution in [0.15, 0.2) is 17.4 Å². The quantitative estimate of drug-likeness (QED) is 0.364. The van der Waals surface area contributed by atoms with Crippen LogP contribution in [0.5, 0.6) is 0 Å². The molecule has 0 spiro atoms. The van der Waals surface area contributed by atoms with Gasteiger partial charge in [-0.3, -0.25) is 0 Å². The normalized spacial score (nSPS) is 20.6. The number of aliphatic hydroxyl groups is 1. The van der Waals surface area contributed by atoms with Gasteiger partial charge in [-0.15, -0.1) is 0 Å². The summed E-state index contributed by atoms with van der Waals surface area (Å²) in [5, 5.41) is 18.2. The van der Waals surface area contributed by atoms with Gasteiger partial charge in [0.15, 0.2) is 6.54 Å². The van der Waals surface area contributed by atoms with Crippen molar-refractivity contribution in [3.05, 3.63) is 12.4 Å². The van der Waals surface area contributed by atoms with E-state index in [2.05, 4.69) is 11.9 Å². The van der Waals surface area contributed by atoms with Crippen LogP contribution in [0.1, 0.15) is 45.4 Å². The van der Waals surface area contributed by atoms with Crippen LogP contribution >= 0.6 is 0 Å². The number of carboxylic acid groups (broad SMARTS) is 1. The first kappa shape index (κ1) is 19.8. The van der Waals surface area contributed by atoms with E-state index in [1.165, 1.54) is 19.3 Å². The molecule has 1 unspecified atom stereocenters.